The molecule has 178 valence electrons. The van der Waals surface area contributed by atoms with E-state index in [2.05, 4.69) is 4.98 Å². The molecule has 1 aliphatic heterocycles. The molecule has 2 aromatic carbocycles. The molecule has 0 bridgehead atoms. The summed E-state index contributed by atoms with van der Waals surface area (Å²) in [5, 5.41) is 22.6. The number of amides is 1. The number of carbonyl (C=O) groups is 2. The van der Waals surface area contributed by atoms with E-state index in [0.29, 0.717) is 22.4 Å². The number of rotatable bonds is 7. The van der Waals surface area contributed by atoms with Crippen molar-refractivity contribution >= 4 is 23.1 Å². The Morgan fingerprint density at radius 1 is 1.14 bits per heavy atom. The second kappa shape index (κ2) is 9.76. The fraction of sp³-hybridized carbons (Fsp3) is 0.192. The lowest BCUT2D eigenvalue weighted by Gasteiger charge is -2.25. The molecule has 1 aliphatic rings. The van der Waals surface area contributed by atoms with Crippen LogP contribution in [0.15, 0.2) is 78.6 Å². The predicted molar refractivity (Wildman–Crippen MR) is 127 cm³/mol. The maximum absolute atomic E-state index is 13.2. The number of carbonyl (C=O) groups excluding carboxylic acids is 2. The predicted octanol–water partition coefficient (Wildman–Crippen LogP) is 4.40. The Kier molecular flexibility index (Phi) is 6.59. The zero-order chi connectivity index (χ0) is 25.1. The number of aromatic nitrogens is 1. The van der Waals surface area contributed by atoms with Crippen molar-refractivity contribution in [2.45, 2.75) is 32.5 Å². The number of nitro benzene ring substituents is 1. The largest absolute Gasteiger partial charge is 0.507 e. The zero-order valence-electron chi connectivity index (χ0n) is 19.1. The molecule has 0 aliphatic carbocycles. The fourth-order valence-electron chi connectivity index (χ4n) is 4.01. The number of non-ortho nitro benzene ring substituents is 1. The molecule has 35 heavy (non-hydrogen) atoms. The number of Topliss-reactive ketones (excluding diaryl/α,β-unsaturated/α-hetero) is 1. The van der Waals surface area contributed by atoms with E-state index < -0.39 is 22.7 Å². The Balaban J connectivity index is 1.83. The molecular formula is C26H23N3O6. The maximum Gasteiger partial charge on any atom is 0.295 e. The Bertz CT molecular complexity index is 1300. The minimum absolute atomic E-state index is 0.0315. The van der Waals surface area contributed by atoms with Crippen LogP contribution in [0, 0.1) is 10.1 Å². The molecule has 1 fully saturated rings. The third-order valence-electron chi connectivity index (χ3n) is 5.51. The van der Waals surface area contributed by atoms with Crippen LogP contribution in [0.2, 0.25) is 0 Å². The van der Waals surface area contributed by atoms with Gasteiger partial charge >= 0.3 is 0 Å². The number of aliphatic hydroxyl groups excluding tert-OH is 1. The summed E-state index contributed by atoms with van der Waals surface area (Å²) in [6.45, 7) is 3.80. The summed E-state index contributed by atoms with van der Waals surface area (Å²) in [6, 6.07) is 14.6. The van der Waals surface area contributed by atoms with Gasteiger partial charge in [0.25, 0.3) is 17.4 Å². The molecule has 3 aromatic rings. The molecule has 1 saturated heterocycles. The lowest BCUT2D eigenvalue weighted by molar-refractivity contribution is -0.384. The Hall–Kier alpha value is -4.53. The minimum Gasteiger partial charge on any atom is -0.507 e. The molecule has 2 heterocycles. The average Bonchev–Trinajstić information content (AvgIpc) is 3.09. The standard InChI is InChI=1S/C26H23N3O6/c1-16(2)35-21-10-8-18(9-11-21)24(30)22-23(19-6-3-7-20(13-19)29(33)34)28(26(32)25(22)31)15-17-5-4-12-27-14-17/h3-14,16,23,30H,15H2,1-2H3/t23-/m1/s1. The summed E-state index contributed by atoms with van der Waals surface area (Å²) in [4.78, 5) is 42.4. The molecule has 0 radical (unpaired) electrons. The monoisotopic (exact) mass is 473 g/mol. The van der Waals surface area contributed by atoms with Crippen LogP contribution < -0.4 is 4.74 Å². The molecule has 0 unspecified atom stereocenters. The van der Waals surface area contributed by atoms with Gasteiger partial charge in [0.05, 0.1) is 22.6 Å². The van der Waals surface area contributed by atoms with Crippen molar-refractivity contribution in [1.29, 1.82) is 0 Å². The summed E-state index contributed by atoms with van der Waals surface area (Å²) in [5.74, 6) is -1.47. The van der Waals surface area contributed by atoms with Crippen LogP contribution in [0.1, 0.15) is 36.6 Å². The van der Waals surface area contributed by atoms with Crippen molar-refractivity contribution < 1.29 is 24.4 Å². The number of hydrogen-bond donors (Lipinski definition) is 1. The highest BCUT2D eigenvalue weighted by Gasteiger charge is 2.46. The number of nitrogens with zero attached hydrogens (tertiary/aromatic N) is 3. The number of ketones is 1. The molecular weight excluding hydrogens is 450 g/mol. The second-order valence-electron chi connectivity index (χ2n) is 8.33. The SMILES string of the molecule is CC(C)Oc1ccc(C(O)=C2C(=O)C(=O)N(Cc3cccnc3)[C@@H]2c2cccc([N+](=O)[O-])c2)cc1. The van der Waals surface area contributed by atoms with Crippen molar-refractivity contribution in [2.24, 2.45) is 0 Å². The number of benzene rings is 2. The van der Waals surface area contributed by atoms with E-state index in [1.807, 2.05) is 13.8 Å². The van der Waals surface area contributed by atoms with Crippen LogP contribution in [0.4, 0.5) is 5.69 Å². The third kappa shape index (κ3) is 4.89. The molecule has 0 saturated carbocycles. The summed E-state index contributed by atoms with van der Waals surface area (Å²) >= 11 is 0. The summed E-state index contributed by atoms with van der Waals surface area (Å²) in [6.07, 6.45) is 3.11. The van der Waals surface area contributed by atoms with Crippen LogP contribution >= 0.6 is 0 Å². The van der Waals surface area contributed by atoms with Gasteiger partial charge < -0.3 is 14.7 Å². The Morgan fingerprint density at radius 2 is 1.89 bits per heavy atom. The van der Waals surface area contributed by atoms with Crippen molar-refractivity contribution in [1.82, 2.24) is 9.88 Å². The van der Waals surface area contributed by atoms with E-state index in [9.17, 15) is 24.8 Å². The van der Waals surface area contributed by atoms with Gasteiger partial charge in [0, 0.05) is 36.6 Å². The van der Waals surface area contributed by atoms with Gasteiger partial charge in [-0.25, -0.2) is 0 Å². The first-order valence-corrected chi connectivity index (χ1v) is 10.9. The van der Waals surface area contributed by atoms with Crippen LogP contribution in [-0.2, 0) is 16.1 Å². The van der Waals surface area contributed by atoms with E-state index in [4.69, 9.17) is 4.74 Å². The summed E-state index contributed by atoms with van der Waals surface area (Å²) < 4.78 is 5.63. The van der Waals surface area contributed by atoms with Crippen LogP contribution in [0.25, 0.3) is 5.76 Å². The number of likely N-dealkylation sites (tertiary alicyclic amines) is 1. The molecule has 1 N–H and O–H groups in total. The zero-order valence-corrected chi connectivity index (χ0v) is 19.1. The van der Waals surface area contributed by atoms with Gasteiger partial charge in [0.15, 0.2) is 0 Å². The van der Waals surface area contributed by atoms with E-state index in [1.54, 1.807) is 54.9 Å². The second-order valence-corrected chi connectivity index (χ2v) is 8.33. The van der Waals surface area contributed by atoms with E-state index in [1.165, 1.54) is 23.1 Å². The van der Waals surface area contributed by atoms with Gasteiger partial charge in [-0.05, 0) is 55.3 Å². The minimum atomic E-state index is -1.03. The molecule has 9 nitrogen and oxygen atoms in total. The number of ether oxygens (including phenoxy) is 1. The highest BCUT2D eigenvalue weighted by molar-refractivity contribution is 6.46. The van der Waals surface area contributed by atoms with Crippen molar-refractivity contribution in [3.05, 3.63) is 105 Å². The molecule has 9 heteroatoms. The Morgan fingerprint density at radius 3 is 2.51 bits per heavy atom. The lowest BCUT2D eigenvalue weighted by Crippen LogP contribution is -2.29. The quantitative estimate of drug-likeness (QED) is 0.177. The van der Waals surface area contributed by atoms with E-state index in [0.717, 1.165) is 0 Å². The van der Waals surface area contributed by atoms with Gasteiger partial charge in [-0.2, -0.15) is 0 Å². The van der Waals surface area contributed by atoms with Gasteiger partial charge in [0.2, 0.25) is 0 Å². The van der Waals surface area contributed by atoms with E-state index in [-0.39, 0.29) is 29.7 Å². The van der Waals surface area contributed by atoms with Gasteiger partial charge in [-0.1, -0.05) is 18.2 Å². The summed E-state index contributed by atoms with van der Waals surface area (Å²) in [7, 11) is 0. The molecule has 1 aromatic heterocycles. The van der Waals surface area contributed by atoms with Crippen molar-refractivity contribution in [2.75, 3.05) is 0 Å². The fourth-order valence-corrected chi connectivity index (χ4v) is 4.01. The highest BCUT2D eigenvalue weighted by atomic mass is 16.6. The van der Waals surface area contributed by atoms with E-state index >= 15 is 0 Å². The Labute approximate surface area is 201 Å². The van der Waals surface area contributed by atoms with Crippen LogP contribution in [0.5, 0.6) is 5.75 Å². The maximum atomic E-state index is 13.2. The highest BCUT2D eigenvalue weighted by Crippen LogP contribution is 2.41. The third-order valence-corrected chi connectivity index (χ3v) is 5.51. The van der Waals surface area contributed by atoms with Crippen molar-refractivity contribution in [3.63, 3.8) is 0 Å². The molecule has 0 spiro atoms. The van der Waals surface area contributed by atoms with Crippen molar-refractivity contribution in [3.8, 4) is 5.75 Å². The topological polar surface area (TPSA) is 123 Å². The van der Waals surface area contributed by atoms with Crippen LogP contribution in [-0.4, -0.2) is 37.7 Å². The molecule has 4 rings (SSSR count). The lowest BCUT2D eigenvalue weighted by atomic mass is 9.95. The first kappa shape index (κ1) is 23.6. The van der Waals surface area contributed by atoms with Gasteiger partial charge in [0.1, 0.15) is 11.5 Å². The number of hydrogen-bond acceptors (Lipinski definition) is 7. The summed E-state index contributed by atoms with van der Waals surface area (Å²) in [5.41, 5.74) is 0.987. The molecule has 1 atom stereocenters. The van der Waals surface area contributed by atoms with Crippen LogP contribution in [0.3, 0.4) is 0 Å². The number of aliphatic hydroxyl groups is 1. The van der Waals surface area contributed by atoms with Gasteiger partial charge in [-0.15, -0.1) is 0 Å². The first-order valence-electron chi connectivity index (χ1n) is 10.9. The number of pyridine rings is 1. The first-order chi connectivity index (χ1) is 16.8. The average molecular weight is 473 g/mol. The smallest absolute Gasteiger partial charge is 0.295 e. The number of nitro groups is 1. The normalized spacial score (nSPS) is 17.1. The van der Waals surface area contributed by atoms with Gasteiger partial charge in [-0.3, -0.25) is 24.7 Å². The molecule has 1 amide bonds.